The molecule has 0 aliphatic carbocycles. The summed E-state index contributed by atoms with van der Waals surface area (Å²) in [6, 6.07) is 10.4. The molecule has 126 valence electrons. The number of carbonyl (C=O) groups excluding carboxylic acids is 1. The third-order valence-corrected chi connectivity index (χ3v) is 3.63. The first kappa shape index (κ1) is 17.8. The molecule has 2 rings (SSSR count). The van der Waals surface area contributed by atoms with E-state index in [4.69, 9.17) is 16.3 Å². The number of benzene rings is 2. The molecule has 0 saturated carbocycles. The van der Waals surface area contributed by atoms with Crippen molar-refractivity contribution in [1.82, 2.24) is 5.43 Å². The highest BCUT2D eigenvalue weighted by Crippen LogP contribution is 2.22. The van der Waals surface area contributed by atoms with E-state index in [-0.39, 0.29) is 12.4 Å². The second-order valence-electron chi connectivity index (χ2n) is 5.45. The fraction of sp³-hybridized carbons (Fsp3) is 0.222. The Morgan fingerprint density at radius 1 is 1.25 bits per heavy atom. The highest BCUT2D eigenvalue weighted by atomic mass is 35.5. The average molecular weight is 347 g/mol. The van der Waals surface area contributed by atoms with E-state index in [1.807, 2.05) is 32.0 Å². The highest BCUT2D eigenvalue weighted by molar-refractivity contribution is 6.31. The lowest BCUT2D eigenvalue weighted by atomic mass is 10.1. The molecule has 0 saturated heterocycles. The summed E-state index contributed by atoms with van der Waals surface area (Å²) >= 11 is 5.90. The topological polar surface area (TPSA) is 70.9 Å². The molecule has 0 heterocycles. The number of phenols is 1. The van der Waals surface area contributed by atoms with Crippen molar-refractivity contribution in [2.45, 2.75) is 20.8 Å². The van der Waals surface area contributed by atoms with Crippen LogP contribution in [0.15, 0.2) is 41.5 Å². The minimum absolute atomic E-state index is 0.0431. The number of rotatable bonds is 5. The van der Waals surface area contributed by atoms with Crippen LogP contribution in [0.5, 0.6) is 11.5 Å². The number of halogens is 1. The van der Waals surface area contributed by atoms with Crippen LogP contribution in [-0.4, -0.2) is 23.3 Å². The maximum absolute atomic E-state index is 11.9. The van der Waals surface area contributed by atoms with Crippen LogP contribution >= 0.6 is 11.6 Å². The Bertz CT molecular complexity index is 788. The Morgan fingerprint density at radius 2 is 2.00 bits per heavy atom. The van der Waals surface area contributed by atoms with Gasteiger partial charge in [-0.1, -0.05) is 23.7 Å². The fourth-order valence-electron chi connectivity index (χ4n) is 2.04. The Morgan fingerprint density at radius 3 is 2.75 bits per heavy atom. The number of aryl methyl sites for hydroxylation is 2. The number of nitrogens with one attached hydrogen (secondary N) is 1. The van der Waals surface area contributed by atoms with Crippen molar-refractivity contribution in [1.29, 1.82) is 0 Å². The lowest BCUT2D eigenvalue weighted by Gasteiger charge is -2.09. The van der Waals surface area contributed by atoms with E-state index in [0.717, 1.165) is 11.1 Å². The van der Waals surface area contributed by atoms with Crippen molar-refractivity contribution >= 4 is 23.2 Å². The number of phenolic OH excluding ortho intramolecular Hbond substituents is 1. The van der Waals surface area contributed by atoms with E-state index in [9.17, 15) is 9.90 Å². The zero-order chi connectivity index (χ0) is 17.7. The molecule has 6 heteroatoms. The average Bonchev–Trinajstić information content (AvgIpc) is 2.55. The van der Waals surface area contributed by atoms with Crippen molar-refractivity contribution in [3.63, 3.8) is 0 Å². The SMILES string of the molecule is C/C(=N\NC(=O)COc1cc(C)ccc1C)c1cc(Cl)ccc1O. The largest absolute Gasteiger partial charge is 0.507 e. The van der Waals surface area contributed by atoms with E-state index < -0.39 is 5.91 Å². The van der Waals surface area contributed by atoms with Gasteiger partial charge in [-0.3, -0.25) is 4.79 Å². The molecule has 1 amide bonds. The van der Waals surface area contributed by atoms with Gasteiger partial charge in [0, 0.05) is 10.6 Å². The molecule has 0 radical (unpaired) electrons. The smallest absolute Gasteiger partial charge is 0.277 e. The number of hydrogen-bond donors (Lipinski definition) is 2. The monoisotopic (exact) mass is 346 g/mol. The highest BCUT2D eigenvalue weighted by Gasteiger charge is 2.08. The molecule has 2 N–H and O–H groups in total. The molecule has 2 aromatic carbocycles. The van der Waals surface area contributed by atoms with Crippen LogP contribution in [-0.2, 0) is 4.79 Å². The molecule has 0 spiro atoms. The number of nitrogens with zero attached hydrogens (tertiary/aromatic N) is 1. The van der Waals surface area contributed by atoms with Gasteiger partial charge in [0.2, 0.25) is 0 Å². The van der Waals surface area contributed by atoms with Crippen molar-refractivity contribution in [3.05, 3.63) is 58.1 Å². The van der Waals surface area contributed by atoms with E-state index in [2.05, 4.69) is 10.5 Å². The number of carbonyl (C=O) groups is 1. The summed E-state index contributed by atoms with van der Waals surface area (Å²) < 4.78 is 5.51. The number of aromatic hydroxyl groups is 1. The molecule has 0 aromatic heterocycles. The number of ether oxygens (including phenoxy) is 1. The molecule has 24 heavy (non-hydrogen) atoms. The van der Waals surface area contributed by atoms with Crippen LogP contribution in [0.3, 0.4) is 0 Å². The van der Waals surface area contributed by atoms with Crippen LogP contribution in [0.4, 0.5) is 0 Å². The number of amides is 1. The Kier molecular flexibility index (Phi) is 5.82. The van der Waals surface area contributed by atoms with Crippen LogP contribution in [0.25, 0.3) is 0 Å². The first-order valence-corrected chi connectivity index (χ1v) is 7.76. The maximum atomic E-state index is 11.9. The molecule has 0 aliphatic rings. The standard InChI is InChI=1S/C18H19ClN2O3/c1-11-4-5-12(2)17(8-11)24-10-18(23)21-20-13(3)15-9-14(19)6-7-16(15)22/h4-9,22H,10H2,1-3H3,(H,21,23)/b20-13+. The van der Waals surface area contributed by atoms with Gasteiger partial charge >= 0.3 is 0 Å². The van der Waals surface area contributed by atoms with Crippen molar-refractivity contribution in [3.8, 4) is 11.5 Å². The van der Waals surface area contributed by atoms with Crippen molar-refractivity contribution in [2.75, 3.05) is 6.61 Å². The molecule has 0 bridgehead atoms. The summed E-state index contributed by atoms with van der Waals surface area (Å²) in [5.74, 6) is 0.316. The maximum Gasteiger partial charge on any atom is 0.277 e. The summed E-state index contributed by atoms with van der Waals surface area (Å²) in [7, 11) is 0. The van der Waals surface area contributed by atoms with Gasteiger partial charge < -0.3 is 9.84 Å². The summed E-state index contributed by atoms with van der Waals surface area (Å²) in [5, 5.41) is 14.2. The molecular formula is C18H19ClN2O3. The molecule has 0 fully saturated rings. The minimum Gasteiger partial charge on any atom is -0.507 e. The Hall–Kier alpha value is -2.53. The second kappa shape index (κ2) is 7.84. The molecule has 2 aromatic rings. The molecule has 0 aliphatic heterocycles. The lowest BCUT2D eigenvalue weighted by molar-refractivity contribution is -0.123. The zero-order valence-corrected chi connectivity index (χ0v) is 14.5. The lowest BCUT2D eigenvalue weighted by Crippen LogP contribution is -2.25. The predicted molar refractivity (Wildman–Crippen MR) is 94.9 cm³/mol. The van der Waals surface area contributed by atoms with Gasteiger partial charge in [0.1, 0.15) is 11.5 Å². The summed E-state index contributed by atoms with van der Waals surface area (Å²) in [6.45, 7) is 5.38. The van der Waals surface area contributed by atoms with Gasteiger partial charge in [0.05, 0.1) is 5.71 Å². The zero-order valence-electron chi connectivity index (χ0n) is 13.8. The van der Waals surface area contributed by atoms with Crippen LogP contribution in [0.2, 0.25) is 5.02 Å². The fourth-order valence-corrected chi connectivity index (χ4v) is 2.21. The van der Waals surface area contributed by atoms with Gasteiger partial charge in [0.15, 0.2) is 6.61 Å². The third kappa shape index (κ3) is 4.73. The summed E-state index contributed by atoms with van der Waals surface area (Å²) in [4.78, 5) is 11.9. The summed E-state index contributed by atoms with van der Waals surface area (Å²) in [6.07, 6.45) is 0. The third-order valence-electron chi connectivity index (χ3n) is 3.40. The van der Waals surface area contributed by atoms with Gasteiger partial charge in [-0.25, -0.2) is 5.43 Å². The van der Waals surface area contributed by atoms with E-state index in [0.29, 0.717) is 22.0 Å². The van der Waals surface area contributed by atoms with Gasteiger partial charge in [-0.2, -0.15) is 5.10 Å². The normalized spacial score (nSPS) is 11.2. The number of hydrogen-bond acceptors (Lipinski definition) is 4. The molecule has 5 nitrogen and oxygen atoms in total. The molecule has 0 atom stereocenters. The first-order valence-electron chi connectivity index (χ1n) is 7.39. The Labute approximate surface area is 145 Å². The van der Waals surface area contributed by atoms with Crippen LogP contribution < -0.4 is 10.2 Å². The van der Waals surface area contributed by atoms with Gasteiger partial charge in [-0.05, 0) is 56.2 Å². The van der Waals surface area contributed by atoms with Crippen molar-refractivity contribution < 1.29 is 14.6 Å². The number of hydrazone groups is 1. The van der Waals surface area contributed by atoms with Crippen LogP contribution in [0.1, 0.15) is 23.6 Å². The molecule has 0 unspecified atom stereocenters. The minimum atomic E-state index is -0.392. The van der Waals surface area contributed by atoms with Gasteiger partial charge in [-0.15, -0.1) is 0 Å². The van der Waals surface area contributed by atoms with E-state index in [1.165, 1.54) is 6.07 Å². The quantitative estimate of drug-likeness (QED) is 0.642. The van der Waals surface area contributed by atoms with Gasteiger partial charge in [0.25, 0.3) is 5.91 Å². The second-order valence-corrected chi connectivity index (χ2v) is 5.89. The van der Waals surface area contributed by atoms with Crippen LogP contribution in [0, 0.1) is 13.8 Å². The summed E-state index contributed by atoms with van der Waals surface area (Å²) in [5.41, 5.74) is 5.31. The molecular weight excluding hydrogens is 328 g/mol. The Balaban J connectivity index is 1.97. The van der Waals surface area contributed by atoms with E-state index >= 15 is 0 Å². The first-order chi connectivity index (χ1) is 11.4. The van der Waals surface area contributed by atoms with Crippen molar-refractivity contribution in [2.24, 2.45) is 5.10 Å². The predicted octanol–water partition coefficient (Wildman–Crippen LogP) is 3.58. The van der Waals surface area contributed by atoms with E-state index in [1.54, 1.807) is 19.1 Å².